The van der Waals surface area contributed by atoms with Crippen LogP contribution >= 0.6 is 16.8 Å². The second-order valence-corrected chi connectivity index (χ2v) is 32.5. The lowest BCUT2D eigenvalue weighted by Gasteiger charge is -2.39. The van der Waals surface area contributed by atoms with E-state index in [1.165, 1.54) is 39.0 Å². The first-order valence-electron chi connectivity index (χ1n) is 27.5. The van der Waals surface area contributed by atoms with Gasteiger partial charge in [-0.25, -0.2) is 0 Å². The first-order chi connectivity index (χ1) is 34.1. The Hall–Kier alpha value is -4.36. The zero-order chi connectivity index (χ0) is 56.2. The van der Waals surface area contributed by atoms with Crippen molar-refractivity contribution >= 4 is 27.4 Å². The Balaban J connectivity index is 1.42. The number of rotatable bonds is 11. The lowest BCUT2D eigenvalue weighted by Crippen LogP contribution is -2.30. The molecule has 0 fully saturated rings. The zero-order valence-electron chi connectivity index (χ0n) is 51.2. The van der Waals surface area contributed by atoms with Gasteiger partial charge >= 0.3 is 16.8 Å². The van der Waals surface area contributed by atoms with E-state index in [0.717, 1.165) is 44.7 Å². The van der Waals surface area contributed by atoms with E-state index in [9.17, 15) is 0 Å². The van der Waals surface area contributed by atoms with Crippen molar-refractivity contribution in [2.75, 3.05) is 0 Å². The van der Waals surface area contributed by atoms with Gasteiger partial charge in [0.1, 0.15) is 23.0 Å². The smallest absolute Gasteiger partial charge is 0.326 e. The van der Waals surface area contributed by atoms with Gasteiger partial charge in [-0.05, 0) is 137 Å². The molecular weight excluding hydrogens is 955 g/mol. The lowest BCUT2D eigenvalue weighted by molar-refractivity contribution is 0.231. The third kappa shape index (κ3) is 14.8. The molecule has 0 aromatic heterocycles. The van der Waals surface area contributed by atoms with Gasteiger partial charge in [0.2, 0.25) is 0 Å². The number of hydrogen-bond acceptors (Lipinski definition) is 4. The monoisotopic (exact) mass is 1050 g/mol. The van der Waals surface area contributed by atoms with Crippen molar-refractivity contribution in [3.63, 3.8) is 0 Å². The summed E-state index contributed by atoms with van der Waals surface area (Å²) >= 11 is 0. The van der Waals surface area contributed by atoms with Crippen molar-refractivity contribution in [1.82, 2.24) is 0 Å². The summed E-state index contributed by atoms with van der Waals surface area (Å²) in [5.41, 5.74) is 10.3. The van der Waals surface area contributed by atoms with Crippen LogP contribution in [0.2, 0.25) is 0 Å². The second-order valence-electron chi connectivity index (χ2n) is 29.7. The predicted molar refractivity (Wildman–Crippen MR) is 327 cm³/mol. The van der Waals surface area contributed by atoms with Gasteiger partial charge in [0, 0.05) is 16.7 Å². The molecule has 1 aliphatic rings. The van der Waals surface area contributed by atoms with Crippen LogP contribution in [0.5, 0.6) is 17.2 Å². The average molecular weight is 1050 g/mol. The van der Waals surface area contributed by atoms with E-state index in [2.05, 4.69) is 288 Å². The molecule has 406 valence electrons. The molecule has 0 amide bonds. The largest absolute Gasteiger partial charge is 0.435 e. The van der Waals surface area contributed by atoms with Crippen LogP contribution in [0.25, 0.3) is 11.1 Å². The summed E-state index contributed by atoms with van der Waals surface area (Å²) in [7, 11) is -3.24. The molecule has 3 unspecified atom stereocenters. The molecule has 0 spiro atoms. The summed E-state index contributed by atoms with van der Waals surface area (Å²) in [6.45, 7) is 57.0. The van der Waals surface area contributed by atoms with Crippen molar-refractivity contribution in [2.45, 2.75) is 206 Å². The molecule has 5 aromatic carbocycles. The average Bonchev–Trinajstić information content (AvgIpc) is 3.26. The number of hydrogen-bond donors (Lipinski definition) is 0. The first kappa shape index (κ1) is 59.9. The second kappa shape index (κ2) is 21.5. The van der Waals surface area contributed by atoms with Crippen LogP contribution in [-0.4, -0.2) is 0 Å². The van der Waals surface area contributed by atoms with E-state index in [0.29, 0.717) is 11.8 Å². The van der Waals surface area contributed by atoms with Crippen LogP contribution in [-0.2, 0) is 37.0 Å². The standard InChI is InChI=1S/C69H96O4P2/c1-45-40-61(57(69(23,24)25)44-53(45)65(11,12)13)73-75(72-60-39-32-50(64(8,9)10)43-56(60)68(20,21)22)52-35-28-47(29-36-52)46-26-33-51(34-27-46)74(70-58-37-30-48(62(2,3)4)41-54(58)66(14,15)16)71-59-38-31-49(63(5,6)7)42-55(59)67(17,18)19/h26-45,53H,1-25H3. The highest BCUT2D eigenvalue weighted by Gasteiger charge is 2.38. The van der Waals surface area contributed by atoms with E-state index in [4.69, 9.17) is 18.1 Å². The van der Waals surface area contributed by atoms with Gasteiger partial charge in [-0.3, -0.25) is 0 Å². The number of allylic oxidation sites excluding steroid dienone is 3. The molecular formula is C69H96O4P2. The Morgan fingerprint density at radius 1 is 0.333 bits per heavy atom. The van der Waals surface area contributed by atoms with Crippen molar-refractivity contribution in [3.8, 4) is 28.4 Å². The Bertz CT molecular complexity index is 2770. The molecule has 0 bridgehead atoms. The Morgan fingerprint density at radius 2 is 0.640 bits per heavy atom. The van der Waals surface area contributed by atoms with Crippen LogP contribution in [0.3, 0.4) is 0 Å². The van der Waals surface area contributed by atoms with Crippen molar-refractivity contribution < 1.29 is 18.1 Å². The van der Waals surface area contributed by atoms with Crippen LogP contribution in [0, 0.1) is 22.7 Å². The molecule has 3 atom stereocenters. The van der Waals surface area contributed by atoms with E-state index in [-0.39, 0.29) is 43.3 Å². The SMILES string of the molecule is CC1C=C(OP(Oc2ccc(C(C)(C)C)cc2C(C)(C)C)c2ccc(-c3ccc(P(Oc4ccc(C(C)(C)C)cc4C(C)(C)C)Oc4ccc(C(C)(C)C)cc4C(C)(C)C)cc3)cc2)C(C(C)(C)C)=CC1C(C)(C)C. The molecule has 0 saturated carbocycles. The summed E-state index contributed by atoms with van der Waals surface area (Å²) in [5, 5.41) is 2.00. The Morgan fingerprint density at radius 3 is 0.907 bits per heavy atom. The maximum Gasteiger partial charge on any atom is 0.326 e. The quantitative estimate of drug-likeness (QED) is 0.124. The van der Waals surface area contributed by atoms with E-state index in [1.807, 2.05) is 0 Å². The fourth-order valence-electron chi connectivity index (χ4n) is 9.73. The van der Waals surface area contributed by atoms with Crippen LogP contribution < -0.4 is 24.2 Å². The van der Waals surface area contributed by atoms with E-state index >= 15 is 0 Å². The van der Waals surface area contributed by atoms with Gasteiger partial charge in [-0.15, -0.1) is 0 Å². The molecule has 6 rings (SSSR count). The molecule has 0 heterocycles. The van der Waals surface area contributed by atoms with Gasteiger partial charge in [0.05, 0.1) is 10.6 Å². The summed E-state index contributed by atoms with van der Waals surface area (Å²) in [6, 6.07) is 37.7. The number of benzene rings is 5. The van der Waals surface area contributed by atoms with E-state index < -0.39 is 16.8 Å². The minimum absolute atomic E-state index is 0.00284. The van der Waals surface area contributed by atoms with Gasteiger partial charge in [0.15, 0.2) is 0 Å². The normalized spacial score (nSPS) is 16.8. The maximum atomic E-state index is 7.32. The van der Waals surface area contributed by atoms with Crippen molar-refractivity contribution in [2.24, 2.45) is 22.7 Å². The minimum atomic E-state index is -1.62. The van der Waals surface area contributed by atoms with Gasteiger partial charge in [-0.2, -0.15) is 0 Å². The fourth-order valence-corrected chi connectivity index (χ4v) is 12.4. The predicted octanol–water partition coefficient (Wildman–Crippen LogP) is 20.4. The summed E-state index contributed by atoms with van der Waals surface area (Å²) in [5.74, 6) is 4.16. The Kier molecular flexibility index (Phi) is 17.1. The summed E-state index contributed by atoms with van der Waals surface area (Å²) in [6.07, 6.45) is 4.84. The summed E-state index contributed by atoms with van der Waals surface area (Å²) in [4.78, 5) is 0. The molecule has 0 aliphatic heterocycles. The van der Waals surface area contributed by atoms with Gasteiger partial charge < -0.3 is 18.1 Å². The van der Waals surface area contributed by atoms with Crippen molar-refractivity contribution in [3.05, 3.63) is 160 Å². The molecule has 4 nitrogen and oxygen atoms in total. The third-order valence-electron chi connectivity index (χ3n) is 14.6. The molecule has 0 N–H and O–H groups in total. The highest BCUT2D eigenvalue weighted by atomic mass is 31.2. The molecule has 5 aromatic rings. The third-order valence-corrected chi connectivity index (χ3v) is 17.5. The topological polar surface area (TPSA) is 36.9 Å². The van der Waals surface area contributed by atoms with Gasteiger partial charge in [-0.1, -0.05) is 240 Å². The van der Waals surface area contributed by atoms with Crippen LogP contribution in [0.1, 0.15) is 206 Å². The molecule has 6 heteroatoms. The first-order valence-corrected chi connectivity index (χ1v) is 29.9. The Labute approximate surface area is 459 Å². The van der Waals surface area contributed by atoms with Crippen LogP contribution in [0.4, 0.5) is 0 Å². The molecule has 0 saturated heterocycles. The molecule has 1 aliphatic carbocycles. The fraction of sp³-hybridized carbons (Fsp3) is 0.507. The summed E-state index contributed by atoms with van der Waals surface area (Å²) < 4.78 is 29.0. The highest BCUT2D eigenvalue weighted by Crippen LogP contribution is 2.52. The van der Waals surface area contributed by atoms with E-state index in [1.54, 1.807) is 0 Å². The van der Waals surface area contributed by atoms with Crippen LogP contribution in [0.15, 0.2) is 127 Å². The van der Waals surface area contributed by atoms with Crippen molar-refractivity contribution in [1.29, 1.82) is 0 Å². The van der Waals surface area contributed by atoms with Gasteiger partial charge in [0.25, 0.3) is 0 Å². The highest BCUT2D eigenvalue weighted by molar-refractivity contribution is 7.57. The molecule has 75 heavy (non-hydrogen) atoms. The minimum Gasteiger partial charge on any atom is -0.435 e. The molecule has 0 radical (unpaired) electrons. The maximum absolute atomic E-state index is 7.32. The zero-order valence-corrected chi connectivity index (χ0v) is 52.9. The lowest BCUT2D eigenvalue weighted by atomic mass is 9.68.